The van der Waals surface area contributed by atoms with E-state index >= 15 is 0 Å². The van der Waals surface area contributed by atoms with E-state index in [1.54, 1.807) is 0 Å². The molecule has 1 N–H and O–H groups in total. The number of benzene rings is 1. The van der Waals surface area contributed by atoms with Gasteiger partial charge in [-0.05, 0) is 18.2 Å². The molecule has 0 radical (unpaired) electrons. The summed E-state index contributed by atoms with van der Waals surface area (Å²) in [7, 11) is 0. The van der Waals surface area contributed by atoms with Crippen LogP contribution in [0.1, 0.15) is 10.4 Å². The second-order valence-electron chi connectivity index (χ2n) is 3.62. The van der Waals surface area contributed by atoms with Crippen LogP contribution in [0.25, 0.3) is 0 Å². The van der Waals surface area contributed by atoms with Crippen LogP contribution >= 0.6 is 11.6 Å². The fourth-order valence-corrected chi connectivity index (χ4v) is 1.60. The van der Waals surface area contributed by atoms with Crippen molar-refractivity contribution in [1.82, 2.24) is 4.98 Å². The predicted molar refractivity (Wildman–Crippen MR) is 69.4 cm³/mol. The summed E-state index contributed by atoms with van der Waals surface area (Å²) in [5, 5.41) is 19.9. The molecule has 1 aromatic carbocycles. The van der Waals surface area contributed by atoms with Gasteiger partial charge in [-0.15, -0.1) is 0 Å². The van der Waals surface area contributed by atoms with Gasteiger partial charge in [0.25, 0.3) is 0 Å². The van der Waals surface area contributed by atoms with Gasteiger partial charge in [-0.1, -0.05) is 23.7 Å². The average molecular weight is 295 g/mol. The maximum Gasteiger partial charge on any atom is 0.341 e. The Morgan fingerprint density at radius 1 is 1.30 bits per heavy atom. The number of aromatic nitrogens is 1. The number of carboxylic acid groups (broad SMARTS) is 1. The highest BCUT2D eigenvalue weighted by atomic mass is 35.5. The highest BCUT2D eigenvalue weighted by Gasteiger charge is 2.19. The molecule has 2 aromatic rings. The monoisotopic (exact) mass is 294 g/mol. The molecule has 0 aliphatic carbocycles. The molecular formula is C12H7ClN2O5. The highest BCUT2D eigenvalue weighted by Crippen LogP contribution is 2.32. The Balaban J connectivity index is 2.47. The van der Waals surface area contributed by atoms with Crippen molar-refractivity contribution in [3.63, 3.8) is 0 Å². The first kappa shape index (κ1) is 13.8. The number of aromatic carboxylic acids is 1. The van der Waals surface area contributed by atoms with E-state index in [1.165, 1.54) is 36.4 Å². The first-order valence-corrected chi connectivity index (χ1v) is 5.68. The molecule has 0 atom stereocenters. The van der Waals surface area contributed by atoms with Gasteiger partial charge in [-0.25, -0.2) is 9.78 Å². The number of rotatable bonds is 4. The lowest BCUT2D eigenvalue weighted by Gasteiger charge is -2.08. The number of carboxylic acids is 1. The Hall–Kier alpha value is -2.67. The second-order valence-corrected chi connectivity index (χ2v) is 4.01. The van der Waals surface area contributed by atoms with Gasteiger partial charge in [0, 0.05) is 6.07 Å². The van der Waals surface area contributed by atoms with Gasteiger partial charge < -0.3 is 9.84 Å². The van der Waals surface area contributed by atoms with Gasteiger partial charge in [-0.3, -0.25) is 10.1 Å². The van der Waals surface area contributed by atoms with Crippen molar-refractivity contribution in [2.45, 2.75) is 0 Å². The summed E-state index contributed by atoms with van der Waals surface area (Å²) < 4.78 is 5.23. The summed E-state index contributed by atoms with van der Waals surface area (Å²) in [5.41, 5.74) is -0.543. The Morgan fingerprint density at radius 3 is 2.65 bits per heavy atom. The minimum atomic E-state index is -1.28. The van der Waals surface area contributed by atoms with E-state index in [9.17, 15) is 14.9 Å². The molecule has 0 saturated carbocycles. The second kappa shape index (κ2) is 5.54. The van der Waals surface area contributed by atoms with Crippen LogP contribution in [0.5, 0.6) is 11.6 Å². The van der Waals surface area contributed by atoms with Gasteiger partial charge in [0.1, 0.15) is 10.7 Å². The van der Waals surface area contributed by atoms with Crippen molar-refractivity contribution in [2.24, 2.45) is 0 Å². The number of hydrogen-bond donors (Lipinski definition) is 1. The molecule has 1 aromatic heterocycles. The number of pyridine rings is 1. The van der Waals surface area contributed by atoms with Crippen molar-refractivity contribution in [2.75, 3.05) is 0 Å². The van der Waals surface area contributed by atoms with Crippen LogP contribution in [0, 0.1) is 10.1 Å². The molecule has 0 saturated heterocycles. The molecule has 0 unspecified atom stereocenters. The lowest BCUT2D eigenvalue weighted by Crippen LogP contribution is -2.03. The average Bonchev–Trinajstić information content (AvgIpc) is 2.38. The number of carbonyl (C=O) groups is 1. The summed E-state index contributed by atoms with van der Waals surface area (Å²) in [6.45, 7) is 0. The fraction of sp³-hybridized carbons (Fsp3) is 0. The van der Waals surface area contributed by atoms with E-state index in [-0.39, 0.29) is 28.0 Å². The zero-order chi connectivity index (χ0) is 14.7. The van der Waals surface area contributed by atoms with Crippen molar-refractivity contribution in [3.05, 3.63) is 57.2 Å². The Labute approximate surface area is 117 Å². The fourth-order valence-electron chi connectivity index (χ4n) is 1.46. The molecule has 0 aliphatic heterocycles. The van der Waals surface area contributed by atoms with Gasteiger partial charge >= 0.3 is 11.7 Å². The van der Waals surface area contributed by atoms with Gasteiger partial charge in [0.05, 0.1) is 4.92 Å². The van der Waals surface area contributed by atoms with E-state index in [0.29, 0.717) is 0 Å². The summed E-state index contributed by atoms with van der Waals surface area (Å²) in [4.78, 5) is 25.0. The van der Waals surface area contributed by atoms with Gasteiger partial charge in [-0.2, -0.15) is 0 Å². The Morgan fingerprint density at radius 2 is 2.00 bits per heavy atom. The van der Waals surface area contributed by atoms with E-state index in [2.05, 4.69) is 4.98 Å². The predicted octanol–water partition coefficient (Wildman–Crippen LogP) is 3.13. The standard InChI is InChI=1S/C12H7ClN2O5/c13-10-6-5-7(12(16)17)11(14-10)20-9-4-2-1-3-8(9)15(18)19/h1-6H,(H,16,17). The number of hydrogen-bond acceptors (Lipinski definition) is 5. The molecule has 0 bridgehead atoms. The van der Waals surface area contributed by atoms with Crippen molar-refractivity contribution in [1.29, 1.82) is 0 Å². The first-order valence-electron chi connectivity index (χ1n) is 5.30. The Bertz CT molecular complexity index is 689. The molecule has 0 amide bonds. The highest BCUT2D eigenvalue weighted by molar-refractivity contribution is 6.29. The lowest BCUT2D eigenvalue weighted by molar-refractivity contribution is -0.385. The van der Waals surface area contributed by atoms with Crippen LogP contribution in [0.4, 0.5) is 5.69 Å². The molecule has 0 aliphatic rings. The van der Waals surface area contributed by atoms with Crippen LogP contribution in [-0.2, 0) is 0 Å². The van der Waals surface area contributed by atoms with Crippen molar-refractivity contribution >= 4 is 23.3 Å². The third kappa shape index (κ3) is 2.83. The molecule has 2 rings (SSSR count). The number of nitro groups is 1. The lowest BCUT2D eigenvalue weighted by atomic mass is 10.2. The number of halogens is 1. The van der Waals surface area contributed by atoms with Crippen LogP contribution < -0.4 is 4.74 Å². The van der Waals surface area contributed by atoms with Crippen molar-refractivity contribution in [3.8, 4) is 11.6 Å². The number of para-hydroxylation sites is 2. The molecule has 1 heterocycles. The van der Waals surface area contributed by atoms with E-state index in [4.69, 9.17) is 21.4 Å². The Kier molecular flexibility index (Phi) is 3.81. The molecule has 0 spiro atoms. The summed E-state index contributed by atoms with van der Waals surface area (Å²) in [6.07, 6.45) is 0. The maximum atomic E-state index is 11.0. The number of ether oxygens (including phenoxy) is 1. The minimum absolute atomic E-state index is 0.0172. The zero-order valence-electron chi connectivity index (χ0n) is 9.82. The molecule has 102 valence electrons. The number of nitro benzene ring substituents is 1. The van der Waals surface area contributed by atoms with Gasteiger partial charge in [0.2, 0.25) is 11.6 Å². The van der Waals surface area contributed by atoms with E-state index in [1.807, 2.05) is 0 Å². The summed E-state index contributed by atoms with van der Waals surface area (Å²) in [5.74, 6) is -1.70. The van der Waals surface area contributed by atoms with Crippen molar-refractivity contribution < 1.29 is 19.6 Å². The van der Waals surface area contributed by atoms with Gasteiger partial charge in [0.15, 0.2) is 0 Å². The van der Waals surface area contributed by atoms with E-state index < -0.39 is 10.9 Å². The third-order valence-electron chi connectivity index (χ3n) is 2.33. The SMILES string of the molecule is O=C(O)c1ccc(Cl)nc1Oc1ccccc1[N+](=O)[O-]. The third-order valence-corrected chi connectivity index (χ3v) is 2.54. The molecule has 8 heteroatoms. The maximum absolute atomic E-state index is 11.0. The zero-order valence-corrected chi connectivity index (χ0v) is 10.6. The van der Waals surface area contributed by atoms with Crippen LogP contribution in [0.3, 0.4) is 0 Å². The number of nitrogens with zero attached hydrogens (tertiary/aromatic N) is 2. The topological polar surface area (TPSA) is 103 Å². The van der Waals surface area contributed by atoms with Crippen LogP contribution in [0.15, 0.2) is 36.4 Å². The molecular weight excluding hydrogens is 288 g/mol. The first-order chi connectivity index (χ1) is 9.49. The van der Waals surface area contributed by atoms with Crippen LogP contribution in [0.2, 0.25) is 5.15 Å². The molecule has 20 heavy (non-hydrogen) atoms. The normalized spacial score (nSPS) is 10.1. The quantitative estimate of drug-likeness (QED) is 0.528. The summed E-state index contributed by atoms with van der Waals surface area (Å²) in [6, 6.07) is 8.06. The minimum Gasteiger partial charge on any atom is -0.477 e. The summed E-state index contributed by atoms with van der Waals surface area (Å²) >= 11 is 5.67. The molecule has 0 fully saturated rings. The smallest absolute Gasteiger partial charge is 0.341 e. The molecule has 7 nitrogen and oxygen atoms in total. The van der Waals surface area contributed by atoms with Crippen LogP contribution in [-0.4, -0.2) is 21.0 Å². The largest absolute Gasteiger partial charge is 0.477 e. The van der Waals surface area contributed by atoms with E-state index in [0.717, 1.165) is 0 Å².